The molecule has 3 N–H and O–H groups in total. The number of ether oxygens (including phenoxy) is 1. The maximum atomic E-state index is 5.56. The third kappa shape index (κ3) is 4.96. The minimum Gasteiger partial charge on any atom is -0.389 e. The van der Waals surface area contributed by atoms with E-state index in [-0.39, 0.29) is 0 Å². The van der Waals surface area contributed by atoms with Crippen LogP contribution in [-0.4, -0.2) is 50.3 Å². The van der Waals surface area contributed by atoms with Crippen molar-refractivity contribution in [3.8, 4) is 0 Å². The number of methoxy groups -OCH3 is 1. The van der Waals surface area contributed by atoms with Crippen molar-refractivity contribution in [1.29, 1.82) is 0 Å². The van der Waals surface area contributed by atoms with E-state index in [1.165, 1.54) is 11.3 Å². The van der Waals surface area contributed by atoms with Gasteiger partial charge in [-0.3, -0.25) is 0 Å². The molecule has 0 unspecified atom stereocenters. The van der Waals surface area contributed by atoms with Gasteiger partial charge in [0.1, 0.15) is 5.00 Å². The molecule has 0 aliphatic heterocycles. The van der Waals surface area contributed by atoms with E-state index in [1.54, 1.807) is 13.3 Å². The van der Waals surface area contributed by atoms with Crippen molar-refractivity contribution in [2.24, 2.45) is 0 Å². The van der Waals surface area contributed by atoms with E-state index in [0.717, 1.165) is 36.4 Å². The summed E-state index contributed by atoms with van der Waals surface area (Å²) in [5.41, 5.74) is 5.56. The molecule has 1 heterocycles. The number of nitrogens with two attached hydrogens (primary N) is 1. The molecule has 1 aromatic rings. The van der Waals surface area contributed by atoms with Crippen LogP contribution in [0.4, 0.5) is 10.1 Å². The summed E-state index contributed by atoms with van der Waals surface area (Å²) < 4.78 is 4.99. The molecule has 0 aliphatic rings. The minimum atomic E-state index is 0.741. The van der Waals surface area contributed by atoms with Gasteiger partial charge in [-0.1, -0.05) is 11.3 Å². The maximum Gasteiger partial charge on any atom is 0.184 e. The van der Waals surface area contributed by atoms with Gasteiger partial charge < -0.3 is 20.7 Å². The molecule has 6 heteroatoms. The smallest absolute Gasteiger partial charge is 0.184 e. The van der Waals surface area contributed by atoms with Gasteiger partial charge >= 0.3 is 0 Å². The molecule has 0 atom stereocenters. The van der Waals surface area contributed by atoms with Crippen molar-refractivity contribution in [1.82, 2.24) is 9.88 Å². The van der Waals surface area contributed by atoms with E-state index in [9.17, 15) is 0 Å². The second-order valence-corrected chi connectivity index (χ2v) is 4.35. The molecule has 0 radical (unpaired) electrons. The highest BCUT2D eigenvalue weighted by molar-refractivity contribution is 7.19. The van der Waals surface area contributed by atoms with Crippen LogP contribution in [0.1, 0.15) is 0 Å². The normalized spacial score (nSPS) is 10.9. The maximum absolute atomic E-state index is 5.56. The zero-order chi connectivity index (χ0) is 11.1. The number of aromatic nitrogens is 1. The molecule has 0 aliphatic carbocycles. The number of anilines is 2. The third-order valence-electron chi connectivity index (χ3n) is 1.97. The Bertz CT molecular complexity index is 279. The summed E-state index contributed by atoms with van der Waals surface area (Å²) in [6.45, 7) is 3.54. The van der Waals surface area contributed by atoms with Crippen molar-refractivity contribution in [3.05, 3.63) is 6.20 Å². The molecule has 1 aromatic heterocycles. The number of nitrogen functional groups attached to an aromatic ring is 1. The Morgan fingerprint density at radius 2 is 2.40 bits per heavy atom. The largest absolute Gasteiger partial charge is 0.389 e. The second-order valence-electron chi connectivity index (χ2n) is 3.29. The molecule has 0 aromatic carbocycles. The summed E-state index contributed by atoms with van der Waals surface area (Å²) >= 11 is 1.47. The summed E-state index contributed by atoms with van der Waals surface area (Å²) in [6, 6.07) is 0. The first-order valence-corrected chi connectivity index (χ1v) is 5.66. The molecule has 0 saturated carbocycles. The summed E-state index contributed by atoms with van der Waals surface area (Å²) in [7, 11) is 3.78. The number of nitrogens with one attached hydrogen (secondary N) is 1. The van der Waals surface area contributed by atoms with Crippen LogP contribution in [0, 0.1) is 0 Å². The summed E-state index contributed by atoms with van der Waals surface area (Å²) in [4.78, 5) is 6.32. The molecule has 5 nitrogen and oxygen atoms in total. The average molecular weight is 230 g/mol. The molecule has 0 spiro atoms. The van der Waals surface area contributed by atoms with Crippen LogP contribution >= 0.6 is 11.3 Å². The summed E-state index contributed by atoms with van der Waals surface area (Å²) in [5.74, 6) is 0. The summed E-state index contributed by atoms with van der Waals surface area (Å²) in [6.07, 6.45) is 1.67. The highest BCUT2D eigenvalue weighted by atomic mass is 32.1. The standard InChI is InChI=1S/C9H18N4OS/c1-13(5-6-14-2)4-3-11-9-12-7-8(10)15-9/h7H,3-6,10H2,1-2H3,(H,11,12). The number of rotatable bonds is 7. The first-order chi connectivity index (χ1) is 7.22. The van der Waals surface area contributed by atoms with Crippen LogP contribution in [0.2, 0.25) is 0 Å². The molecule has 0 amide bonds. The molecular formula is C9H18N4OS. The van der Waals surface area contributed by atoms with Gasteiger partial charge in [-0.15, -0.1) is 0 Å². The van der Waals surface area contributed by atoms with Gasteiger partial charge in [-0.25, -0.2) is 4.98 Å². The Labute approximate surface area is 94.2 Å². The van der Waals surface area contributed by atoms with Crippen LogP contribution in [0.5, 0.6) is 0 Å². The SMILES string of the molecule is COCCN(C)CCNc1ncc(N)s1. The van der Waals surface area contributed by atoms with Crippen molar-refractivity contribution in [2.75, 3.05) is 51.4 Å². The third-order valence-corrected chi connectivity index (χ3v) is 2.75. The number of hydrogen-bond acceptors (Lipinski definition) is 6. The second kappa shape index (κ2) is 6.60. The fourth-order valence-corrected chi connectivity index (χ4v) is 1.69. The molecule has 1 rings (SSSR count). The van der Waals surface area contributed by atoms with Gasteiger partial charge in [0.25, 0.3) is 0 Å². The van der Waals surface area contributed by atoms with E-state index in [2.05, 4.69) is 22.2 Å². The van der Waals surface area contributed by atoms with Gasteiger partial charge in [0.2, 0.25) is 0 Å². The lowest BCUT2D eigenvalue weighted by Crippen LogP contribution is -2.28. The van der Waals surface area contributed by atoms with Crippen LogP contribution < -0.4 is 11.1 Å². The molecule has 15 heavy (non-hydrogen) atoms. The van der Waals surface area contributed by atoms with E-state index >= 15 is 0 Å². The van der Waals surface area contributed by atoms with Crippen LogP contribution in [-0.2, 0) is 4.74 Å². The van der Waals surface area contributed by atoms with Gasteiger partial charge in [0, 0.05) is 26.7 Å². The van der Waals surface area contributed by atoms with E-state index in [1.807, 2.05) is 0 Å². The lowest BCUT2D eigenvalue weighted by Gasteiger charge is -2.15. The summed E-state index contributed by atoms with van der Waals surface area (Å²) in [5, 5.41) is 4.84. The molecule has 86 valence electrons. The fraction of sp³-hybridized carbons (Fsp3) is 0.667. The van der Waals surface area contributed by atoms with Crippen LogP contribution in [0.25, 0.3) is 0 Å². The van der Waals surface area contributed by atoms with Crippen molar-refractivity contribution in [3.63, 3.8) is 0 Å². The predicted octanol–water partition coefficient (Wildman–Crippen LogP) is 0.715. The monoisotopic (exact) mass is 230 g/mol. The Kier molecular flexibility index (Phi) is 5.38. The molecule has 0 fully saturated rings. The predicted molar refractivity (Wildman–Crippen MR) is 64.4 cm³/mol. The average Bonchev–Trinajstić information content (AvgIpc) is 2.61. The number of nitrogens with zero attached hydrogens (tertiary/aromatic N) is 2. The van der Waals surface area contributed by atoms with Gasteiger partial charge in [0.15, 0.2) is 5.13 Å². The van der Waals surface area contributed by atoms with Crippen molar-refractivity contribution >= 4 is 21.5 Å². The van der Waals surface area contributed by atoms with Crippen molar-refractivity contribution in [2.45, 2.75) is 0 Å². The lowest BCUT2D eigenvalue weighted by atomic mass is 10.5. The Hall–Kier alpha value is -0.850. The quantitative estimate of drug-likeness (QED) is 0.722. The molecule has 0 saturated heterocycles. The van der Waals surface area contributed by atoms with E-state index < -0.39 is 0 Å². The van der Waals surface area contributed by atoms with Gasteiger partial charge in [-0.05, 0) is 7.05 Å². The van der Waals surface area contributed by atoms with E-state index in [0.29, 0.717) is 0 Å². The Balaban J connectivity index is 2.10. The zero-order valence-electron chi connectivity index (χ0n) is 9.19. The van der Waals surface area contributed by atoms with Crippen LogP contribution in [0.15, 0.2) is 6.20 Å². The van der Waals surface area contributed by atoms with Crippen LogP contribution in [0.3, 0.4) is 0 Å². The van der Waals surface area contributed by atoms with Gasteiger partial charge in [0.05, 0.1) is 12.8 Å². The highest BCUT2D eigenvalue weighted by Gasteiger charge is 1.99. The number of hydrogen-bond donors (Lipinski definition) is 2. The number of thiazole rings is 1. The first kappa shape index (κ1) is 12.2. The molecular weight excluding hydrogens is 212 g/mol. The van der Waals surface area contributed by atoms with Gasteiger partial charge in [-0.2, -0.15) is 0 Å². The highest BCUT2D eigenvalue weighted by Crippen LogP contribution is 2.18. The topological polar surface area (TPSA) is 63.4 Å². The lowest BCUT2D eigenvalue weighted by molar-refractivity contribution is 0.163. The zero-order valence-corrected chi connectivity index (χ0v) is 10.0. The number of likely N-dealkylation sites (N-methyl/N-ethyl adjacent to an activating group) is 1. The minimum absolute atomic E-state index is 0.741. The molecule has 0 bridgehead atoms. The fourth-order valence-electron chi connectivity index (χ4n) is 1.08. The van der Waals surface area contributed by atoms with Crippen molar-refractivity contribution < 1.29 is 4.74 Å². The first-order valence-electron chi connectivity index (χ1n) is 4.85. The Morgan fingerprint density at radius 1 is 1.60 bits per heavy atom. The Morgan fingerprint density at radius 3 is 3.00 bits per heavy atom. The van der Waals surface area contributed by atoms with E-state index in [4.69, 9.17) is 10.5 Å².